The Kier molecular flexibility index (Phi) is 5.48. The second kappa shape index (κ2) is 8.20. The van der Waals surface area contributed by atoms with Crippen LogP contribution in [0.25, 0.3) is 11.4 Å². The minimum Gasteiger partial charge on any atom is -0.289 e. The Bertz CT molecular complexity index is 1120. The van der Waals surface area contributed by atoms with Crippen LogP contribution in [0, 0.1) is 0 Å². The monoisotopic (exact) mass is 420 g/mol. The highest BCUT2D eigenvalue weighted by atomic mass is 35.5. The van der Waals surface area contributed by atoms with Crippen LogP contribution in [0.4, 0.5) is 4.39 Å². The zero-order valence-electron chi connectivity index (χ0n) is 15.2. The lowest BCUT2D eigenvalue weighted by Crippen LogP contribution is -2.09. The fourth-order valence-corrected chi connectivity index (χ4v) is 3.49. The van der Waals surface area contributed by atoms with Gasteiger partial charge in [0.1, 0.15) is 5.83 Å². The lowest BCUT2D eigenvalue weighted by molar-refractivity contribution is 0.103. The van der Waals surface area contributed by atoms with E-state index in [0.717, 1.165) is 16.7 Å². The molecule has 0 saturated carbocycles. The Morgan fingerprint density at radius 2 is 1.28 bits per heavy atom. The van der Waals surface area contributed by atoms with Gasteiger partial charge in [0, 0.05) is 26.7 Å². The number of benzene rings is 3. The summed E-state index contributed by atoms with van der Waals surface area (Å²) < 4.78 is 14.5. The highest BCUT2D eigenvalue weighted by molar-refractivity contribution is 6.31. The van der Waals surface area contributed by atoms with E-state index in [4.69, 9.17) is 23.2 Å². The number of rotatable bonds is 3. The molecule has 0 fully saturated rings. The summed E-state index contributed by atoms with van der Waals surface area (Å²) in [7, 11) is 0. The van der Waals surface area contributed by atoms with Crippen molar-refractivity contribution in [2.24, 2.45) is 0 Å². The molecular formula is C25H15Cl2FO. The van der Waals surface area contributed by atoms with Gasteiger partial charge in [0.05, 0.1) is 0 Å². The maximum absolute atomic E-state index is 14.5. The van der Waals surface area contributed by atoms with Crippen molar-refractivity contribution in [3.05, 3.63) is 129 Å². The first-order chi connectivity index (χ1) is 14.0. The summed E-state index contributed by atoms with van der Waals surface area (Å²) in [5.41, 5.74) is 3.69. The third kappa shape index (κ3) is 4.09. The van der Waals surface area contributed by atoms with Crippen LogP contribution in [-0.4, -0.2) is 5.78 Å². The maximum atomic E-state index is 14.5. The largest absolute Gasteiger partial charge is 0.289 e. The second-order valence-corrected chi connectivity index (χ2v) is 7.46. The minimum atomic E-state index is -0.417. The maximum Gasteiger partial charge on any atom is 0.193 e. The molecule has 29 heavy (non-hydrogen) atoms. The van der Waals surface area contributed by atoms with Crippen molar-refractivity contribution in [3.63, 3.8) is 0 Å². The summed E-state index contributed by atoms with van der Waals surface area (Å²) in [6, 6.07) is 21.5. The Morgan fingerprint density at radius 1 is 0.759 bits per heavy atom. The molecule has 0 heterocycles. The normalized spacial score (nSPS) is 14.4. The van der Waals surface area contributed by atoms with E-state index in [2.05, 4.69) is 0 Å². The van der Waals surface area contributed by atoms with Gasteiger partial charge >= 0.3 is 0 Å². The number of allylic oxidation sites excluding steroid dienone is 4. The van der Waals surface area contributed by atoms with Gasteiger partial charge in [0.2, 0.25) is 0 Å². The molecule has 0 unspecified atom stereocenters. The van der Waals surface area contributed by atoms with Gasteiger partial charge in [-0.05, 0) is 47.0 Å². The summed E-state index contributed by atoms with van der Waals surface area (Å²) in [4.78, 5) is 12.8. The summed E-state index contributed by atoms with van der Waals surface area (Å²) >= 11 is 12.0. The Balaban J connectivity index is 1.81. The molecule has 0 atom stereocenters. The molecule has 4 heteroatoms. The van der Waals surface area contributed by atoms with Gasteiger partial charge < -0.3 is 0 Å². The van der Waals surface area contributed by atoms with Crippen LogP contribution in [0.2, 0.25) is 10.0 Å². The quantitative estimate of drug-likeness (QED) is 0.399. The molecule has 1 nitrogen and oxygen atoms in total. The number of halogens is 3. The Hall–Kier alpha value is -2.94. The topological polar surface area (TPSA) is 17.1 Å². The van der Waals surface area contributed by atoms with E-state index >= 15 is 0 Å². The zero-order valence-corrected chi connectivity index (χ0v) is 16.7. The fourth-order valence-electron chi connectivity index (χ4n) is 3.24. The lowest BCUT2D eigenvalue weighted by Gasteiger charge is -2.13. The van der Waals surface area contributed by atoms with Gasteiger partial charge in [-0.15, -0.1) is 0 Å². The number of hydrogen-bond acceptors (Lipinski definition) is 1. The first-order valence-electron chi connectivity index (χ1n) is 8.98. The van der Waals surface area contributed by atoms with Crippen molar-refractivity contribution >= 4 is 40.4 Å². The van der Waals surface area contributed by atoms with Gasteiger partial charge in [0.25, 0.3) is 0 Å². The molecule has 3 aromatic carbocycles. The number of fused-ring (bicyclic) bond motifs is 1. The van der Waals surface area contributed by atoms with Crippen molar-refractivity contribution in [2.75, 3.05) is 0 Å². The summed E-state index contributed by atoms with van der Waals surface area (Å²) in [6.45, 7) is 0. The standard InChI is InChI=1S/C25H15Cl2FO/c26-19-10-5-16(6-11-19)21(17-7-12-20(27)13-8-17)14-9-18-15-24(28)22-3-1-2-4-23(22)25(18)29/h1-15H/b18-9-. The molecule has 1 aliphatic carbocycles. The van der Waals surface area contributed by atoms with Gasteiger partial charge in [-0.25, -0.2) is 4.39 Å². The molecular weight excluding hydrogens is 406 g/mol. The summed E-state index contributed by atoms with van der Waals surface area (Å²) in [5.74, 6) is -0.621. The number of hydrogen-bond donors (Lipinski definition) is 0. The number of carbonyl (C=O) groups is 1. The molecule has 0 aliphatic heterocycles. The summed E-state index contributed by atoms with van der Waals surface area (Å²) in [5, 5.41) is 1.26. The molecule has 0 aromatic heterocycles. The van der Waals surface area contributed by atoms with E-state index in [-0.39, 0.29) is 5.78 Å². The van der Waals surface area contributed by atoms with Gasteiger partial charge in [-0.1, -0.05) is 83.9 Å². The van der Waals surface area contributed by atoms with Crippen molar-refractivity contribution in [3.8, 4) is 0 Å². The molecule has 0 spiro atoms. The predicted molar refractivity (Wildman–Crippen MR) is 118 cm³/mol. The third-order valence-electron chi connectivity index (χ3n) is 4.71. The van der Waals surface area contributed by atoms with E-state index in [0.29, 0.717) is 26.7 Å². The van der Waals surface area contributed by atoms with Crippen molar-refractivity contribution in [2.45, 2.75) is 0 Å². The Labute approximate surface area is 178 Å². The third-order valence-corrected chi connectivity index (χ3v) is 5.22. The van der Waals surface area contributed by atoms with E-state index < -0.39 is 5.83 Å². The van der Waals surface area contributed by atoms with Crippen LogP contribution in [0.1, 0.15) is 27.0 Å². The Morgan fingerprint density at radius 3 is 1.83 bits per heavy atom. The smallest absolute Gasteiger partial charge is 0.193 e. The zero-order chi connectivity index (χ0) is 20.4. The molecule has 0 saturated heterocycles. The number of Topliss-reactive ketones (excluding diaryl/α,β-unsaturated/α-hetero) is 1. The molecule has 0 bridgehead atoms. The number of ketones is 1. The van der Waals surface area contributed by atoms with Crippen LogP contribution in [-0.2, 0) is 0 Å². The molecule has 1 aliphatic rings. The fraction of sp³-hybridized carbons (Fsp3) is 0. The second-order valence-electron chi connectivity index (χ2n) is 6.58. The summed E-state index contributed by atoms with van der Waals surface area (Å²) in [6.07, 6.45) is 4.75. The van der Waals surface area contributed by atoms with Gasteiger partial charge in [-0.3, -0.25) is 4.79 Å². The first-order valence-corrected chi connectivity index (χ1v) is 9.74. The molecule has 3 aromatic rings. The van der Waals surface area contributed by atoms with E-state index in [1.165, 1.54) is 6.08 Å². The van der Waals surface area contributed by atoms with E-state index in [1.54, 1.807) is 54.6 Å². The van der Waals surface area contributed by atoms with Crippen LogP contribution >= 0.6 is 23.2 Å². The van der Waals surface area contributed by atoms with Gasteiger partial charge in [-0.2, -0.15) is 0 Å². The highest BCUT2D eigenvalue weighted by Gasteiger charge is 2.22. The van der Waals surface area contributed by atoms with Crippen molar-refractivity contribution in [1.29, 1.82) is 0 Å². The first kappa shape index (κ1) is 19.4. The predicted octanol–water partition coefficient (Wildman–Crippen LogP) is 7.56. The van der Waals surface area contributed by atoms with Crippen molar-refractivity contribution < 1.29 is 9.18 Å². The number of carbonyl (C=O) groups excluding carboxylic acids is 1. The van der Waals surface area contributed by atoms with Crippen molar-refractivity contribution in [1.82, 2.24) is 0 Å². The van der Waals surface area contributed by atoms with Gasteiger partial charge in [0.15, 0.2) is 5.78 Å². The van der Waals surface area contributed by atoms with Crippen LogP contribution in [0.5, 0.6) is 0 Å². The van der Waals surface area contributed by atoms with E-state index in [1.807, 2.05) is 30.3 Å². The van der Waals surface area contributed by atoms with Crippen LogP contribution in [0.15, 0.2) is 96.6 Å². The average Bonchev–Trinajstić information content (AvgIpc) is 2.74. The van der Waals surface area contributed by atoms with Crippen LogP contribution < -0.4 is 0 Å². The van der Waals surface area contributed by atoms with Crippen LogP contribution in [0.3, 0.4) is 0 Å². The highest BCUT2D eigenvalue weighted by Crippen LogP contribution is 2.31. The molecule has 4 rings (SSSR count). The molecule has 0 amide bonds. The molecule has 142 valence electrons. The van der Waals surface area contributed by atoms with E-state index in [9.17, 15) is 9.18 Å². The minimum absolute atomic E-state index is 0.204. The molecule has 0 N–H and O–H groups in total. The molecule has 0 radical (unpaired) electrons. The average molecular weight is 421 g/mol. The SMILES string of the molecule is O=C1/C(=C\C=C(c2ccc(Cl)cc2)c2ccc(Cl)cc2)C=C(F)c2ccccc21. The lowest BCUT2D eigenvalue weighted by atomic mass is 9.90.